The van der Waals surface area contributed by atoms with Crippen LogP contribution < -0.4 is 5.32 Å². The van der Waals surface area contributed by atoms with E-state index in [1.807, 2.05) is 0 Å². The minimum absolute atomic E-state index is 0.419. The highest BCUT2D eigenvalue weighted by Crippen LogP contribution is 2.18. The molecule has 0 spiro atoms. The van der Waals surface area contributed by atoms with E-state index in [1.165, 1.54) is 12.0 Å². The van der Waals surface area contributed by atoms with Gasteiger partial charge in [0.2, 0.25) is 0 Å². The lowest BCUT2D eigenvalue weighted by Gasteiger charge is -2.19. The molecule has 0 amide bonds. The van der Waals surface area contributed by atoms with Gasteiger partial charge in [0.1, 0.15) is 0 Å². The lowest BCUT2D eigenvalue weighted by Crippen LogP contribution is -2.25. The molecule has 1 rings (SSSR count). The average Bonchev–Trinajstić information content (AvgIpc) is 2.25. The highest BCUT2D eigenvalue weighted by molar-refractivity contribution is 9.10. The Hall–Kier alpha value is -0.340. The Morgan fingerprint density at radius 1 is 1.18 bits per heavy atom. The summed E-state index contributed by atoms with van der Waals surface area (Å²) in [5.41, 5.74) is 1.34. The molecule has 2 atom stereocenters. The first kappa shape index (κ1) is 14.7. The van der Waals surface area contributed by atoms with Crippen LogP contribution in [0, 0.1) is 11.8 Å². The maximum atomic E-state index is 3.61. The number of hydrogen-bond acceptors (Lipinski definition) is 1. The summed E-state index contributed by atoms with van der Waals surface area (Å²) in [6.45, 7) is 10.2. The Morgan fingerprint density at radius 3 is 2.47 bits per heavy atom. The van der Waals surface area contributed by atoms with Gasteiger partial charge in [0.25, 0.3) is 0 Å². The Bertz CT molecular complexity index is 335. The summed E-state index contributed by atoms with van der Waals surface area (Å²) >= 11 is 3.52. The molecule has 2 heteroatoms. The third-order valence-corrected chi connectivity index (χ3v) is 3.49. The molecule has 0 aliphatic carbocycles. The van der Waals surface area contributed by atoms with Crippen molar-refractivity contribution in [3.8, 4) is 0 Å². The highest BCUT2D eigenvalue weighted by Gasteiger charge is 2.09. The minimum Gasteiger partial charge on any atom is -0.310 e. The zero-order valence-electron chi connectivity index (χ0n) is 11.3. The summed E-state index contributed by atoms with van der Waals surface area (Å²) < 4.78 is 1.15. The normalized spacial score (nSPS) is 14.9. The molecule has 0 radical (unpaired) electrons. The van der Waals surface area contributed by atoms with Crippen molar-refractivity contribution in [2.45, 2.75) is 40.2 Å². The molecule has 0 heterocycles. The number of benzene rings is 1. The van der Waals surface area contributed by atoms with Crippen molar-refractivity contribution in [2.24, 2.45) is 11.8 Å². The van der Waals surface area contributed by atoms with Gasteiger partial charge in [0.05, 0.1) is 0 Å². The van der Waals surface area contributed by atoms with Crippen LogP contribution in [0.4, 0.5) is 0 Å². The molecule has 1 aromatic carbocycles. The third kappa shape index (κ3) is 5.69. The molecule has 0 aliphatic heterocycles. The van der Waals surface area contributed by atoms with Crippen LogP contribution in [0.2, 0.25) is 0 Å². The molecule has 0 saturated carbocycles. The predicted molar refractivity (Wildman–Crippen MR) is 79.2 cm³/mol. The molecule has 0 aromatic heterocycles. The van der Waals surface area contributed by atoms with Crippen LogP contribution in [0.1, 0.15) is 45.7 Å². The predicted octanol–water partition coefficient (Wildman–Crippen LogP) is 4.78. The van der Waals surface area contributed by atoms with Crippen LogP contribution in [-0.4, -0.2) is 6.54 Å². The molecule has 0 aliphatic rings. The average molecular weight is 298 g/mol. The van der Waals surface area contributed by atoms with E-state index in [-0.39, 0.29) is 0 Å². The molecule has 96 valence electrons. The Balaban J connectivity index is 2.42. The molecule has 0 saturated heterocycles. The van der Waals surface area contributed by atoms with Gasteiger partial charge < -0.3 is 5.32 Å². The zero-order valence-corrected chi connectivity index (χ0v) is 12.9. The second-order valence-corrected chi connectivity index (χ2v) is 6.34. The Kier molecular flexibility index (Phi) is 6.21. The largest absolute Gasteiger partial charge is 0.310 e. The summed E-state index contributed by atoms with van der Waals surface area (Å²) in [5, 5.41) is 3.61. The van der Waals surface area contributed by atoms with E-state index in [1.54, 1.807) is 0 Å². The quantitative estimate of drug-likeness (QED) is 0.797. The molecular weight excluding hydrogens is 274 g/mol. The van der Waals surface area contributed by atoms with Crippen LogP contribution in [-0.2, 0) is 0 Å². The van der Waals surface area contributed by atoms with Crippen molar-refractivity contribution >= 4 is 15.9 Å². The van der Waals surface area contributed by atoms with E-state index < -0.39 is 0 Å². The van der Waals surface area contributed by atoms with Crippen LogP contribution in [0.3, 0.4) is 0 Å². The van der Waals surface area contributed by atoms with Gasteiger partial charge in [-0.2, -0.15) is 0 Å². The van der Waals surface area contributed by atoms with Gasteiger partial charge in [0.15, 0.2) is 0 Å². The standard InChI is InChI=1S/C15H24BrN/c1-11(2)8-12(3)10-17-13(4)14-6-5-7-15(16)9-14/h5-7,9,11-13,17H,8,10H2,1-4H3. The SMILES string of the molecule is CC(C)CC(C)CNC(C)c1cccc(Br)c1. The van der Waals surface area contributed by atoms with Gasteiger partial charge >= 0.3 is 0 Å². The van der Waals surface area contributed by atoms with Gasteiger partial charge in [-0.05, 0) is 49.4 Å². The zero-order chi connectivity index (χ0) is 12.8. The smallest absolute Gasteiger partial charge is 0.0292 e. The van der Waals surface area contributed by atoms with Gasteiger partial charge in [-0.15, -0.1) is 0 Å². The summed E-state index contributed by atoms with van der Waals surface area (Å²) in [6, 6.07) is 8.94. The van der Waals surface area contributed by atoms with E-state index in [0.29, 0.717) is 6.04 Å². The molecule has 1 nitrogen and oxygen atoms in total. The summed E-state index contributed by atoms with van der Waals surface area (Å²) in [5.74, 6) is 1.53. The lowest BCUT2D eigenvalue weighted by molar-refractivity contribution is 0.396. The summed E-state index contributed by atoms with van der Waals surface area (Å²) in [7, 11) is 0. The van der Waals surface area contributed by atoms with Crippen molar-refractivity contribution in [2.75, 3.05) is 6.54 Å². The summed E-state index contributed by atoms with van der Waals surface area (Å²) in [4.78, 5) is 0. The van der Waals surface area contributed by atoms with E-state index in [0.717, 1.165) is 22.9 Å². The molecule has 2 unspecified atom stereocenters. The first-order chi connectivity index (χ1) is 7.99. The van der Waals surface area contributed by atoms with Gasteiger partial charge in [-0.1, -0.05) is 48.8 Å². The molecular formula is C15H24BrN. The first-order valence-electron chi connectivity index (χ1n) is 6.48. The maximum Gasteiger partial charge on any atom is 0.0292 e. The van der Waals surface area contributed by atoms with E-state index >= 15 is 0 Å². The number of rotatable bonds is 6. The molecule has 0 bridgehead atoms. The van der Waals surface area contributed by atoms with Crippen LogP contribution in [0.25, 0.3) is 0 Å². The van der Waals surface area contributed by atoms with Gasteiger partial charge in [-0.3, -0.25) is 0 Å². The fourth-order valence-corrected chi connectivity index (χ4v) is 2.58. The Labute approximate surface area is 114 Å². The van der Waals surface area contributed by atoms with Crippen molar-refractivity contribution < 1.29 is 0 Å². The molecule has 0 fully saturated rings. The summed E-state index contributed by atoms with van der Waals surface area (Å²) in [6.07, 6.45) is 1.29. The topological polar surface area (TPSA) is 12.0 Å². The van der Waals surface area contributed by atoms with Crippen molar-refractivity contribution in [1.29, 1.82) is 0 Å². The third-order valence-electron chi connectivity index (χ3n) is 2.99. The number of halogens is 1. The molecule has 1 N–H and O–H groups in total. The number of nitrogens with one attached hydrogen (secondary N) is 1. The first-order valence-corrected chi connectivity index (χ1v) is 7.27. The second-order valence-electron chi connectivity index (χ2n) is 5.42. The van der Waals surface area contributed by atoms with E-state index in [9.17, 15) is 0 Å². The fourth-order valence-electron chi connectivity index (χ4n) is 2.16. The second kappa shape index (κ2) is 7.17. The van der Waals surface area contributed by atoms with Gasteiger partial charge in [-0.25, -0.2) is 0 Å². The fraction of sp³-hybridized carbons (Fsp3) is 0.600. The maximum absolute atomic E-state index is 3.61. The Morgan fingerprint density at radius 2 is 1.88 bits per heavy atom. The van der Waals surface area contributed by atoms with E-state index in [2.05, 4.69) is 73.2 Å². The molecule has 17 heavy (non-hydrogen) atoms. The van der Waals surface area contributed by atoms with Crippen LogP contribution in [0.15, 0.2) is 28.7 Å². The number of hydrogen-bond donors (Lipinski definition) is 1. The van der Waals surface area contributed by atoms with Gasteiger partial charge in [0, 0.05) is 10.5 Å². The van der Waals surface area contributed by atoms with Crippen LogP contribution in [0.5, 0.6) is 0 Å². The van der Waals surface area contributed by atoms with E-state index in [4.69, 9.17) is 0 Å². The lowest BCUT2D eigenvalue weighted by atomic mass is 9.98. The van der Waals surface area contributed by atoms with Crippen molar-refractivity contribution in [1.82, 2.24) is 5.32 Å². The molecule has 1 aromatic rings. The highest BCUT2D eigenvalue weighted by atomic mass is 79.9. The minimum atomic E-state index is 0.419. The van der Waals surface area contributed by atoms with Crippen LogP contribution >= 0.6 is 15.9 Å². The monoisotopic (exact) mass is 297 g/mol. The van der Waals surface area contributed by atoms with Crippen molar-refractivity contribution in [3.05, 3.63) is 34.3 Å². The van der Waals surface area contributed by atoms with Crippen molar-refractivity contribution in [3.63, 3.8) is 0 Å².